The quantitative estimate of drug-likeness (QED) is 0.210. The van der Waals surface area contributed by atoms with Gasteiger partial charge in [-0.1, -0.05) is 60.7 Å². The maximum Gasteiger partial charge on any atom is 0.324 e. The lowest BCUT2D eigenvalue weighted by Gasteiger charge is -2.34. The number of methoxy groups -OCH3 is 1. The number of carbonyl (C=O) groups excluding carboxylic acids is 3. The van der Waals surface area contributed by atoms with E-state index >= 15 is 0 Å². The Morgan fingerprint density at radius 1 is 0.750 bits per heavy atom. The van der Waals surface area contributed by atoms with Gasteiger partial charge in [-0.15, -0.1) is 0 Å². The van der Waals surface area contributed by atoms with Crippen molar-refractivity contribution >= 4 is 17.8 Å². The fourth-order valence-corrected chi connectivity index (χ4v) is 6.75. The zero-order valence-corrected chi connectivity index (χ0v) is 26.5. The first-order valence-corrected chi connectivity index (χ1v) is 15.5. The summed E-state index contributed by atoms with van der Waals surface area (Å²) in [4.78, 5) is 44.3. The minimum absolute atomic E-state index is 0.0240. The van der Waals surface area contributed by atoms with Crippen LogP contribution in [0.4, 0.5) is 0 Å². The highest BCUT2D eigenvalue weighted by atomic mass is 16.6. The van der Waals surface area contributed by atoms with Crippen LogP contribution in [0.3, 0.4) is 0 Å². The van der Waals surface area contributed by atoms with Crippen LogP contribution in [0.25, 0.3) is 0 Å². The molecule has 0 spiro atoms. The van der Waals surface area contributed by atoms with Crippen molar-refractivity contribution in [1.82, 2.24) is 4.90 Å². The fraction of sp³-hybridized carbons (Fsp3) is 0.432. The Hall–Kier alpha value is -3.97. The van der Waals surface area contributed by atoms with E-state index in [1.807, 2.05) is 93.3 Å². The van der Waals surface area contributed by atoms with E-state index in [2.05, 4.69) is 0 Å². The third kappa shape index (κ3) is 6.03. The van der Waals surface area contributed by atoms with Crippen LogP contribution in [-0.2, 0) is 55.5 Å². The summed E-state index contributed by atoms with van der Waals surface area (Å²) >= 11 is 0. The Bertz CT molecular complexity index is 1470. The zero-order chi connectivity index (χ0) is 31.5. The van der Waals surface area contributed by atoms with E-state index in [0.29, 0.717) is 18.7 Å². The minimum Gasteiger partial charge on any atom is -0.460 e. The van der Waals surface area contributed by atoms with E-state index in [9.17, 15) is 14.4 Å². The summed E-state index contributed by atoms with van der Waals surface area (Å²) in [5, 5.41) is 0. The molecule has 1 heterocycles. The molecule has 44 heavy (non-hydrogen) atoms. The van der Waals surface area contributed by atoms with E-state index < -0.39 is 23.0 Å². The molecule has 0 bridgehead atoms. The molecule has 1 amide bonds. The van der Waals surface area contributed by atoms with Crippen LogP contribution in [0.1, 0.15) is 82.4 Å². The largest absolute Gasteiger partial charge is 0.460 e. The van der Waals surface area contributed by atoms with Crippen LogP contribution in [0.15, 0.2) is 60.7 Å². The number of hydrogen-bond donors (Lipinski definition) is 0. The number of rotatable bonds is 9. The number of esters is 2. The van der Waals surface area contributed by atoms with Gasteiger partial charge in [-0.2, -0.15) is 0 Å². The third-order valence-electron chi connectivity index (χ3n) is 9.40. The summed E-state index contributed by atoms with van der Waals surface area (Å²) in [7, 11) is 1.64. The highest BCUT2D eigenvalue weighted by molar-refractivity contribution is 6.03. The summed E-state index contributed by atoms with van der Waals surface area (Å²) in [5.41, 5.74) is 4.09. The Morgan fingerprint density at radius 2 is 1.23 bits per heavy atom. The van der Waals surface area contributed by atoms with Gasteiger partial charge in [0.15, 0.2) is 5.41 Å². The number of ether oxygens (including phenoxy) is 3. The Kier molecular flexibility index (Phi) is 9.26. The SMILES string of the molecule is COC(C)(C)c1c(C)c2c(c(C)c1C(=O)N1CCCCC1)CC(C(=O)OCc1ccccc1)(C(=O)OCc1ccccc1)C2. The number of benzene rings is 3. The summed E-state index contributed by atoms with van der Waals surface area (Å²) in [6, 6.07) is 18.8. The first-order chi connectivity index (χ1) is 21.1. The summed E-state index contributed by atoms with van der Waals surface area (Å²) in [5.74, 6) is -1.26. The van der Waals surface area contributed by atoms with Crippen molar-refractivity contribution in [1.29, 1.82) is 0 Å². The monoisotopic (exact) mass is 597 g/mol. The molecular formula is C37H43NO6. The molecule has 1 saturated heterocycles. The third-order valence-corrected chi connectivity index (χ3v) is 9.40. The number of carbonyl (C=O) groups is 3. The van der Waals surface area contributed by atoms with Crippen molar-refractivity contribution in [2.45, 2.75) is 78.6 Å². The molecule has 2 aliphatic rings. The van der Waals surface area contributed by atoms with Gasteiger partial charge in [-0.25, -0.2) is 0 Å². The van der Waals surface area contributed by atoms with Gasteiger partial charge in [0.25, 0.3) is 5.91 Å². The van der Waals surface area contributed by atoms with Gasteiger partial charge in [0.1, 0.15) is 13.2 Å². The van der Waals surface area contributed by atoms with Gasteiger partial charge in [0.05, 0.1) is 5.60 Å². The molecule has 5 rings (SSSR count). The summed E-state index contributed by atoms with van der Waals surface area (Å²) in [6.07, 6.45) is 3.29. The average molecular weight is 598 g/mol. The van der Waals surface area contributed by atoms with Crippen molar-refractivity contribution < 1.29 is 28.6 Å². The van der Waals surface area contributed by atoms with E-state index in [0.717, 1.165) is 58.2 Å². The molecular weight excluding hydrogens is 554 g/mol. The van der Waals surface area contributed by atoms with Crippen LogP contribution in [-0.4, -0.2) is 42.9 Å². The standard InChI is InChI=1S/C37H43NO6/c1-25-29-21-37(34(40)43-23-27-15-9-6-10-16-27,35(41)44-24-28-17-11-7-12-18-28)22-30(29)26(2)32(36(3,4)42-5)31(25)33(39)38-19-13-8-14-20-38/h6-7,9-12,15-18H,8,13-14,19-24H2,1-5H3. The van der Waals surface area contributed by atoms with Gasteiger partial charge < -0.3 is 19.1 Å². The van der Waals surface area contributed by atoms with Crippen LogP contribution in [0.2, 0.25) is 0 Å². The van der Waals surface area contributed by atoms with E-state index in [-0.39, 0.29) is 32.0 Å². The van der Waals surface area contributed by atoms with Gasteiger partial charge in [0, 0.05) is 38.6 Å². The molecule has 0 saturated carbocycles. The molecule has 1 aliphatic heterocycles. The van der Waals surface area contributed by atoms with Crippen molar-refractivity contribution in [3.05, 3.63) is 105 Å². The lowest BCUT2D eigenvalue weighted by Crippen LogP contribution is -2.43. The Balaban J connectivity index is 1.57. The van der Waals surface area contributed by atoms with Crippen molar-refractivity contribution in [2.24, 2.45) is 5.41 Å². The van der Waals surface area contributed by atoms with E-state index in [1.54, 1.807) is 7.11 Å². The lowest BCUT2D eigenvalue weighted by molar-refractivity contribution is -0.173. The van der Waals surface area contributed by atoms with Gasteiger partial charge in [0.2, 0.25) is 0 Å². The Morgan fingerprint density at radius 3 is 1.70 bits per heavy atom. The maximum atomic E-state index is 14.2. The predicted octanol–water partition coefficient (Wildman–Crippen LogP) is 6.38. The molecule has 232 valence electrons. The molecule has 0 aromatic heterocycles. The van der Waals surface area contributed by atoms with Crippen molar-refractivity contribution in [3.63, 3.8) is 0 Å². The molecule has 0 radical (unpaired) electrons. The second kappa shape index (κ2) is 12.9. The van der Waals surface area contributed by atoms with Crippen LogP contribution < -0.4 is 0 Å². The van der Waals surface area contributed by atoms with Crippen LogP contribution in [0, 0.1) is 19.3 Å². The molecule has 7 nitrogen and oxygen atoms in total. The zero-order valence-electron chi connectivity index (χ0n) is 26.5. The lowest BCUT2D eigenvalue weighted by atomic mass is 9.81. The minimum atomic E-state index is -1.58. The topological polar surface area (TPSA) is 82.1 Å². The van der Waals surface area contributed by atoms with Gasteiger partial charge in [-0.3, -0.25) is 14.4 Å². The smallest absolute Gasteiger partial charge is 0.324 e. The molecule has 0 N–H and O–H groups in total. The van der Waals surface area contributed by atoms with Gasteiger partial charge >= 0.3 is 11.9 Å². The number of fused-ring (bicyclic) bond motifs is 1. The molecule has 1 aliphatic carbocycles. The molecule has 3 aromatic rings. The second-order valence-corrected chi connectivity index (χ2v) is 12.6. The van der Waals surface area contributed by atoms with Crippen LogP contribution >= 0.6 is 0 Å². The molecule has 7 heteroatoms. The molecule has 0 atom stereocenters. The number of nitrogens with zero attached hydrogens (tertiary/aromatic N) is 1. The molecule has 1 fully saturated rings. The second-order valence-electron chi connectivity index (χ2n) is 12.6. The number of hydrogen-bond acceptors (Lipinski definition) is 6. The van der Waals surface area contributed by atoms with Crippen molar-refractivity contribution in [3.8, 4) is 0 Å². The summed E-state index contributed by atoms with van der Waals surface area (Å²) in [6.45, 7) is 9.33. The van der Waals surface area contributed by atoms with Crippen LogP contribution in [0.5, 0.6) is 0 Å². The molecule has 3 aromatic carbocycles. The fourth-order valence-electron chi connectivity index (χ4n) is 6.75. The number of piperidine rings is 1. The van der Waals surface area contributed by atoms with E-state index in [1.165, 1.54) is 0 Å². The highest BCUT2D eigenvalue weighted by Crippen LogP contribution is 2.47. The Labute approximate surface area is 260 Å². The predicted molar refractivity (Wildman–Crippen MR) is 168 cm³/mol. The number of likely N-dealkylation sites (tertiary alicyclic amines) is 1. The maximum absolute atomic E-state index is 14.2. The first kappa shape index (κ1) is 31.5. The average Bonchev–Trinajstić information content (AvgIpc) is 3.48. The first-order valence-electron chi connectivity index (χ1n) is 15.5. The normalized spacial score (nSPS) is 15.9. The van der Waals surface area contributed by atoms with Crippen molar-refractivity contribution in [2.75, 3.05) is 20.2 Å². The highest BCUT2D eigenvalue weighted by Gasteiger charge is 2.55. The van der Waals surface area contributed by atoms with E-state index in [4.69, 9.17) is 14.2 Å². The summed E-state index contributed by atoms with van der Waals surface area (Å²) < 4.78 is 17.7. The number of amides is 1. The van der Waals surface area contributed by atoms with Gasteiger partial charge in [-0.05, 0) is 85.9 Å². The molecule has 0 unspecified atom stereocenters.